The molecule has 146 valence electrons. The van der Waals surface area contributed by atoms with Crippen LogP contribution >= 0.6 is 0 Å². The van der Waals surface area contributed by atoms with Gasteiger partial charge in [-0.1, -0.05) is 6.07 Å². The van der Waals surface area contributed by atoms with E-state index in [0.29, 0.717) is 43.9 Å². The second kappa shape index (κ2) is 7.31. The van der Waals surface area contributed by atoms with Crippen LogP contribution in [-0.4, -0.2) is 46.4 Å². The Hall–Kier alpha value is -2.80. The van der Waals surface area contributed by atoms with Gasteiger partial charge in [-0.2, -0.15) is 0 Å². The van der Waals surface area contributed by atoms with Gasteiger partial charge in [0.2, 0.25) is 11.8 Å². The largest absolute Gasteiger partial charge is 0.383 e. The molecule has 0 bridgehead atoms. The first-order chi connectivity index (χ1) is 13.5. The van der Waals surface area contributed by atoms with Crippen molar-refractivity contribution in [3.8, 4) is 0 Å². The zero-order valence-corrected chi connectivity index (χ0v) is 15.4. The number of pyridine rings is 1. The Balaban J connectivity index is 1.39. The smallest absolute Gasteiger partial charge is 0.228 e. The molecule has 3 heterocycles. The molecule has 0 aliphatic carbocycles. The van der Waals surface area contributed by atoms with Gasteiger partial charge < -0.3 is 14.9 Å². The average Bonchev–Trinajstić information content (AvgIpc) is 3.11. The lowest BCUT2D eigenvalue weighted by Gasteiger charge is -2.38. The molecule has 1 aromatic heterocycles. The summed E-state index contributed by atoms with van der Waals surface area (Å²) in [5.74, 6) is -0.983. The first-order valence-corrected chi connectivity index (χ1v) is 9.45. The number of amides is 2. The van der Waals surface area contributed by atoms with E-state index in [2.05, 4.69) is 4.98 Å². The summed E-state index contributed by atoms with van der Waals surface area (Å²) < 4.78 is 13.1. The summed E-state index contributed by atoms with van der Waals surface area (Å²) in [5, 5.41) is 10.9. The van der Waals surface area contributed by atoms with Crippen molar-refractivity contribution in [2.45, 2.75) is 24.9 Å². The monoisotopic (exact) mass is 383 g/mol. The maximum Gasteiger partial charge on any atom is 0.228 e. The average molecular weight is 383 g/mol. The number of likely N-dealkylation sites (tertiary alicyclic amines) is 1. The third-order valence-corrected chi connectivity index (χ3v) is 5.66. The second-order valence-electron chi connectivity index (χ2n) is 7.45. The zero-order chi connectivity index (χ0) is 19.7. The maximum absolute atomic E-state index is 13.1. The van der Waals surface area contributed by atoms with E-state index in [4.69, 9.17) is 0 Å². The standard InChI is InChI=1S/C21H22FN3O3/c22-16-4-6-17(7-5-16)25-14-15(13-19(25)26)20(27)24-11-8-21(28,9-12-24)18-3-1-2-10-23-18/h1-7,10,15,28H,8-9,11-14H2/t15-/m0/s1. The molecule has 2 aliphatic rings. The van der Waals surface area contributed by atoms with E-state index in [-0.39, 0.29) is 24.1 Å². The molecule has 6 nitrogen and oxygen atoms in total. The molecular weight excluding hydrogens is 361 g/mol. The van der Waals surface area contributed by atoms with Gasteiger partial charge in [-0.05, 0) is 49.2 Å². The van der Waals surface area contributed by atoms with Gasteiger partial charge in [0, 0.05) is 37.9 Å². The SMILES string of the molecule is O=C([C@H]1CC(=O)N(c2ccc(F)cc2)C1)N1CCC(O)(c2ccccn2)CC1. The Bertz CT molecular complexity index is 864. The van der Waals surface area contributed by atoms with Gasteiger partial charge in [-0.3, -0.25) is 14.6 Å². The summed E-state index contributed by atoms with van der Waals surface area (Å²) in [5.41, 5.74) is 0.203. The number of piperidine rings is 1. The molecule has 0 unspecified atom stereocenters. The highest BCUT2D eigenvalue weighted by Gasteiger charge is 2.41. The molecule has 0 saturated carbocycles. The van der Waals surface area contributed by atoms with Gasteiger partial charge in [0.05, 0.1) is 11.6 Å². The van der Waals surface area contributed by atoms with Crippen molar-refractivity contribution in [2.75, 3.05) is 24.5 Å². The minimum Gasteiger partial charge on any atom is -0.383 e. The van der Waals surface area contributed by atoms with E-state index >= 15 is 0 Å². The molecule has 2 aliphatic heterocycles. The highest BCUT2D eigenvalue weighted by atomic mass is 19.1. The van der Waals surface area contributed by atoms with E-state index in [0.717, 1.165) is 0 Å². The lowest BCUT2D eigenvalue weighted by atomic mass is 9.87. The van der Waals surface area contributed by atoms with Gasteiger partial charge in [-0.15, -0.1) is 0 Å². The fraction of sp³-hybridized carbons (Fsp3) is 0.381. The van der Waals surface area contributed by atoms with Crippen LogP contribution in [0, 0.1) is 11.7 Å². The normalized spacial score (nSPS) is 21.8. The van der Waals surface area contributed by atoms with Crippen LogP contribution in [0.5, 0.6) is 0 Å². The molecule has 0 spiro atoms. The number of hydrogen-bond donors (Lipinski definition) is 1. The third kappa shape index (κ3) is 3.49. The number of anilines is 1. The van der Waals surface area contributed by atoms with Gasteiger partial charge >= 0.3 is 0 Å². The highest BCUT2D eigenvalue weighted by Crippen LogP contribution is 2.33. The molecule has 7 heteroatoms. The third-order valence-electron chi connectivity index (χ3n) is 5.66. The summed E-state index contributed by atoms with van der Waals surface area (Å²) in [4.78, 5) is 32.8. The number of carbonyl (C=O) groups is 2. The van der Waals surface area contributed by atoms with Crippen LogP contribution in [-0.2, 0) is 15.2 Å². The topological polar surface area (TPSA) is 73.7 Å². The Morgan fingerprint density at radius 2 is 1.86 bits per heavy atom. The quantitative estimate of drug-likeness (QED) is 0.881. The molecule has 1 N–H and O–H groups in total. The maximum atomic E-state index is 13.1. The van der Waals surface area contributed by atoms with E-state index in [1.54, 1.807) is 35.4 Å². The lowest BCUT2D eigenvalue weighted by molar-refractivity contribution is -0.140. The summed E-state index contributed by atoms with van der Waals surface area (Å²) in [7, 11) is 0. The predicted octanol–water partition coefficient (Wildman–Crippen LogP) is 2.08. The molecule has 2 aromatic rings. The fourth-order valence-electron chi connectivity index (χ4n) is 3.99. The molecular formula is C21H22FN3O3. The van der Waals surface area contributed by atoms with Crippen molar-refractivity contribution < 1.29 is 19.1 Å². The lowest BCUT2D eigenvalue weighted by Crippen LogP contribution is -2.47. The van der Waals surface area contributed by atoms with Crippen molar-refractivity contribution in [1.82, 2.24) is 9.88 Å². The van der Waals surface area contributed by atoms with Crippen LogP contribution in [0.25, 0.3) is 0 Å². The Kier molecular flexibility index (Phi) is 4.85. The van der Waals surface area contributed by atoms with E-state index in [9.17, 15) is 19.1 Å². The Morgan fingerprint density at radius 1 is 1.14 bits per heavy atom. The number of hydrogen-bond acceptors (Lipinski definition) is 4. The van der Waals surface area contributed by atoms with Crippen molar-refractivity contribution in [3.63, 3.8) is 0 Å². The van der Waals surface area contributed by atoms with Crippen LogP contribution in [0.15, 0.2) is 48.7 Å². The molecule has 28 heavy (non-hydrogen) atoms. The Labute approximate surface area is 162 Å². The molecule has 4 rings (SSSR count). The summed E-state index contributed by atoms with van der Waals surface area (Å²) in [6.07, 6.45) is 2.63. The van der Waals surface area contributed by atoms with Crippen molar-refractivity contribution in [1.29, 1.82) is 0 Å². The predicted molar refractivity (Wildman–Crippen MR) is 101 cm³/mol. The van der Waals surface area contributed by atoms with E-state index in [1.165, 1.54) is 17.0 Å². The first kappa shape index (κ1) is 18.6. The number of carbonyl (C=O) groups excluding carboxylic acids is 2. The van der Waals surface area contributed by atoms with Crippen LogP contribution < -0.4 is 4.90 Å². The number of nitrogens with zero attached hydrogens (tertiary/aromatic N) is 3. The van der Waals surface area contributed by atoms with Crippen molar-refractivity contribution in [2.24, 2.45) is 5.92 Å². The number of aliphatic hydroxyl groups is 1. The number of rotatable bonds is 3. The molecule has 1 atom stereocenters. The minimum absolute atomic E-state index is 0.0685. The van der Waals surface area contributed by atoms with Crippen LogP contribution in [0.2, 0.25) is 0 Å². The first-order valence-electron chi connectivity index (χ1n) is 9.45. The molecule has 2 fully saturated rings. The molecule has 2 amide bonds. The molecule has 2 saturated heterocycles. The second-order valence-corrected chi connectivity index (χ2v) is 7.45. The van der Waals surface area contributed by atoms with Gasteiger partial charge in [0.1, 0.15) is 11.4 Å². The van der Waals surface area contributed by atoms with Gasteiger partial charge in [0.15, 0.2) is 0 Å². The number of halogens is 1. The van der Waals surface area contributed by atoms with Crippen LogP contribution in [0.1, 0.15) is 25.0 Å². The van der Waals surface area contributed by atoms with Gasteiger partial charge in [0.25, 0.3) is 0 Å². The number of aromatic nitrogens is 1. The number of benzene rings is 1. The van der Waals surface area contributed by atoms with Gasteiger partial charge in [-0.25, -0.2) is 4.39 Å². The highest BCUT2D eigenvalue weighted by molar-refractivity contribution is 6.00. The summed E-state index contributed by atoms with van der Waals surface area (Å²) >= 11 is 0. The minimum atomic E-state index is -1.02. The fourth-order valence-corrected chi connectivity index (χ4v) is 3.99. The molecule has 0 radical (unpaired) electrons. The van der Waals surface area contributed by atoms with Crippen molar-refractivity contribution in [3.05, 3.63) is 60.2 Å². The summed E-state index contributed by atoms with van der Waals surface area (Å²) in [6, 6.07) is 11.2. The summed E-state index contributed by atoms with van der Waals surface area (Å²) in [6.45, 7) is 1.14. The van der Waals surface area contributed by atoms with Crippen LogP contribution in [0.4, 0.5) is 10.1 Å². The zero-order valence-electron chi connectivity index (χ0n) is 15.4. The van der Waals surface area contributed by atoms with E-state index in [1.807, 2.05) is 6.07 Å². The molecule has 1 aromatic carbocycles. The van der Waals surface area contributed by atoms with E-state index < -0.39 is 11.5 Å². The Morgan fingerprint density at radius 3 is 2.50 bits per heavy atom. The van der Waals surface area contributed by atoms with Crippen LogP contribution in [0.3, 0.4) is 0 Å². The van der Waals surface area contributed by atoms with Crippen molar-refractivity contribution >= 4 is 17.5 Å².